The van der Waals surface area contributed by atoms with Gasteiger partial charge < -0.3 is 5.11 Å². The van der Waals surface area contributed by atoms with Crippen molar-refractivity contribution in [1.29, 1.82) is 0 Å². The van der Waals surface area contributed by atoms with E-state index in [0.29, 0.717) is 6.61 Å². The number of hydrogen-bond donors (Lipinski definition) is 1. The van der Waals surface area contributed by atoms with Gasteiger partial charge in [0.05, 0.1) is 21.1 Å². The molecule has 1 aromatic rings. The highest BCUT2D eigenvalue weighted by Crippen LogP contribution is 2.14. The zero-order valence-corrected chi connectivity index (χ0v) is 16.1. The summed E-state index contributed by atoms with van der Waals surface area (Å²) in [4.78, 5) is 0. The van der Waals surface area contributed by atoms with Crippen molar-refractivity contribution in [2.45, 2.75) is 71.1 Å². The summed E-state index contributed by atoms with van der Waals surface area (Å²) in [5.74, 6) is 0. The molecule has 0 unspecified atom stereocenters. The van der Waals surface area contributed by atoms with E-state index in [1.165, 1.54) is 63.5 Å². The summed E-state index contributed by atoms with van der Waals surface area (Å²) in [5, 5.41) is 8.57. The van der Waals surface area contributed by atoms with E-state index in [1.807, 2.05) is 6.07 Å². The van der Waals surface area contributed by atoms with Crippen LogP contribution < -0.4 is 4.48 Å². The van der Waals surface area contributed by atoms with E-state index in [4.69, 9.17) is 5.11 Å². The lowest BCUT2D eigenvalue weighted by Crippen LogP contribution is -2.34. The summed E-state index contributed by atoms with van der Waals surface area (Å²) in [6.07, 6.45) is 13.3. The fraction of sp³-hybridized carbons (Fsp3) is 0.714. The minimum atomic E-state index is 0.372. The Labute approximate surface area is 145 Å². The second-order valence-electron chi connectivity index (χ2n) is 7.25. The Morgan fingerprint density at radius 2 is 1.13 bits per heavy atom. The van der Waals surface area contributed by atoms with Crippen molar-refractivity contribution in [3.8, 4) is 0 Å². The molecule has 0 aliphatic rings. The molecular weight excluding hydrogens is 282 g/mol. The molecule has 2 heteroatoms. The molecule has 1 aromatic carbocycles. The van der Waals surface area contributed by atoms with Crippen molar-refractivity contribution < 1.29 is 5.11 Å². The number of quaternary nitrogens is 1. The van der Waals surface area contributed by atoms with E-state index in [2.05, 4.69) is 52.3 Å². The molecule has 0 aromatic heterocycles. The Kier molecular flexibility index (Phi) is 14.2. The summed E-state index contributed by atoms with van der Waals surface area (Å²) in [6, 6.07) is 10.5. The minimum absolute atomic E-state index is 0.372. The quantitative estimate of drug-likeness (QED) is 0.404. The predicted octanol–water partition coefficient (Wildman–Crippen LogP) is 5.78. The van der Waals surface area contributed by atoms with Gasteiger partial charge in [-0.2, -0.15) is 0 Å². The number of nitrogens with zero attached hydrogens (tertiary/aromatic N) is 1. The van der Waals surface area contributed by atoms with Gasteiger partial charge in [0.15, 0.2) is 0 Å². The first-order chi connectivity index (χ1) is 11.0. The highest BCUT2D eigenvalue weighted by atomic mass is 16.2. The highest BCUT2D eigenvalue weighted by molar-refractivity contribution is 5.40. The van der Waals surface area contributed by atoms with Gasteiger partial charge >= 0.3 is 0 Å². The molecule has 2 nitrogen and oxygen atoms in total. The van der Waals surface area contributed by atoms with E-state index in [9.17, 15) is 0 Å². The van der Waals surface area contributed by atoms with Crippen molar-refractivity contribution in [3.63, 3.8) is 0 Å². The van der Waals surface area contributed by atoms with Crippen LogP contribution in [0.4, 0.5) is 5.69 Å². The van der Waals surface area contributed by atoms with E-state index in [0.717, 1.165) is 10.9 Å². The normalized spacial score (nSPS) is 11.0. The molecule has 0 saturated heterocycles. The zero-order chi connectivity index (χ0) is 17.4. The molecule has 0 aliphatic carbocycles. The van der Waals surface area contributed by atoms with Gasteiger partial charge in [-0.3, -0.25) is 4.48 Å². The molecule has 1 rings (SSSR count). The molecule has 0 aliphatic heterocycles. The average molecular weight is 323 g/mol. The molecule has 0 saturated carbocycles. The van der Waals surface area contributed by atoms with Crippen molar-refractivity contribution in [3.05, 3.63) is 30.3 Å². The SMILES string of the molecule is CCCCCCCCCCCCO.C[N+](C)(C)c1ccccc1. The van der Waals surface area contributed by atoms with Gasteiger partial charge in [0.25, 0.3) is 0 Å². The fourth-order valence-corrected chi connectivity index (χ4v) is 2.47. The van der Waals surface area contributed by atoms with E-state index in [-0.39, 0.29) is 0 Å². The van der Waals surface area contributed by atoms with Gasteiger partial charge in [0.1, 0.15) is 5.69 Å². The third-order valence-electron chi connectivity index (χ3n) is 4.04. The van der Waals surface area contributed by atoms with E-state index >= 15 is 0 Å². The molecule has 0 heterocycles. The van der Waals surface area contributed by atoms with Crippen LogP contribution in [0.3, 0.4) is 0 Å². The maximum Gasteiger partial charge on any atom is 0.132 e. The monoisotopic (exact) mass is 322 g/mol. The smallest absolute Gasteiger partial charge is 0.132 e. The summed E-state index contributed by atoms with van der Waals surface area (Å²) in [5.41, 5.74) is 1.34. The molecule has 23 heavy (non-hydrogen) atoms. The third kappa shape index (κ3) is 14.5. The lowest BCUT2D eigenvalue weighted by Gasteiger charge is -2.22. The minimum Gasteiger partial charge on any atom is -0.396 e. The lowest BCUT2D eigenvalue weighted by atomic mass is 10.1. The van der Waals surface area contributed by atoms with Gasteiger partial charge in [-0.25, -0.2) is 0 Å². The maximum atomic E-state index is 8.57. The summed E-state index contributed by atoms with van der Waals surface area (Å²) < 4.78 is 0.890. The Hall–Kier alpha value is -0.860. The molecule has 134 valence electrons. The van der Waals surface area contributed by atoms with Crippen molar-refractivity contribution in [2.75, 3.05) is 27.7 Å². The van der Waals surface area contributed by atoms with Gasteiger partial charge in [-0.05, 0) is 18.6 Å². The Balaban J connectivity index is 0.000000433. The maximum absolute atomic E-state index is 8.57. The number of para-hydroxylation sites is 1. The van der Waals surface area contributed by atoms with Crippen LogP contribution in [0.15, 0.2) is 30.3 Å². The molecular formula is C21H40NO+. The van der Waals surface area contributed by atoms with Gasteiger partial charge in [0.2, 0.25) is 0 Å². The van der Waals surface area contributed by atoms with Gasteiger partial charge in [-0.15, -0.1) is 0 Å². The van der Waals surface area contributed by atoms with Crippen LogP contribution in [-0.2, 0) is 0 Å². The molecule has 0 radical (unpaired) electrons. The van der Waals surface area contributed by atoms with Crippen LogP contribution in [-0.4, -0.2) is 32.9 Å². The van der Waals surface area contributed by atoms with Crippen molar-refractivity contribution in [1.82, 2.24) is 4.48 Å². The second kappa shape index (κ2) is 14.7. The first-order valence-electron chi connectivity index (χ1n) is 9.50. The van der Waals surface area contributed by atoms with Crippen LogP contribution >= 0.6 is 0 Å². The summed E-state index contributed by atoms with van der Waals surface area (Å²) in [6.45, 7) is 2.63. The highest BCUT2D eigenvalue weighted by Gasteiger charge is 2.08. The van der Waals surface area contributed by atoms with Crippen LogP contribution in [0, 0.1) is 0 Å². The first kappa shape index (κ1) is 22.1. The summed E-state index contributed by atoms with van der Waals surface area (Å²) in [7, 11) is 6.49. The molecule has 1 N–H and O–H groups in total. The van der Waals surface area contributed by atoms with Crippen LogP contribution in [0.2, 0.25) is 0 Å². The number of aliphatic hydroxyl groups excluding tert-OH is 1. The second-order valence-corrected chi connectivity index (χ2v) is 7.25. The number of hydrogen-bond acceptors (Lipinski definition) is 1. The number of aliphatic hydroxyl groups is 1. The standard InChI is InChI=1S/C12H26O.C9H14N/c1-2-3-4-5-6-7-8-9-10-11-12-13;1-10(2,3)9-7-5-4-6-8-9/h13H,2-12H2,1H3;4-8H,1-3H3/q;+1. The molecule has 0 atom stereocenters. The van der Waals surface area contributed by atoms with Crippen molar-refractivity contribution in [2.24, 2.45) is 0 Å². The van der Waals surface area contributed by atoms with Gasteiger partial charge in [-0.1, -0.05) is 82.9 Å². The van der Waals surface area contributed by atoms with Crippen LogP contribution in [0.5, 0.6) is 0 Å². The largest absolute Gasteiger partial charge is 0.396 e. The van der Waals surface area contributed by atoms with Crippen LogP contribution in [0.1, 0.15) is 71.1 Å². The van der Waals surface area contributed by atoms with E-state index in [1.54, 1.807) is 0 Å². The average Bonchev–Trinajstić information content (AvgIpc) is 2.54. The Morgan fingerprint density at radius 3 is 1.48 bits per heavy atom. The number of rotatable bonds is 11. The first-order valence-corrected chi connectivity index (χ1v) is 9.50. The molecule has 0 spiro atoms. The topological polar surface area (TPSA) is 20.2 Å². The van der Waals surface area contributed by atoms with Gasteiger partial charge in [0, 0.05) is 6.61 Å². The molecule has 0 fully saturated rings. The number of benzene rings is 1. The lowest BCUT2D eigenvalue weighted by molar-refractivity contribution is 0.282. The molecule has 0 bridgehead atoms. The Bertz CT molecular complexity index is 333. The molecule has 0 amide bonds. The predicted molar refractivity (Wildman–Crippen MR) is 105 cm³/mol. The van der Waals surface area contributed by atoms with E-state index < -0.39 is 0 Å². The number of unbranched alkanes of at least 4 members (excludes halogenated alkanes) is 9. The summed E-state index contributed by atoms with van der Waals surface area (Å²) >= 11 is 0. The zero-order valence-electron chi connectivity index (χ0n) is 16.1. The third-order valence-corrected chi connectivity index (χ3v) is 4.04. The Morgan fingerprint density at radius 1 is 0.696 bits per heavy atom. The van der Waals surface area contributed by atoms with Crippen LogP contribution in [0.25, 0.3) is 0 Å². The fourth-order valence-electron chi connectivity index (χ4n) is 2.47. The van der Waals surface area contributed by atoms with Crippen molar-refractivity contribution >= 4 is 5.69 Å².